The van der Waals surface area contributed by atoms with Crippen LogP contribution in [-0.4, -0.2) is 38.2 Å². The number of amides is 2. The lowest BCUT2D eigenvalue weighted by molar-refractivity contribution is -0.113. The van der Waals surface area contributed by atoms with E-state index in [-0.39, 0.29) is 24.4 Å². The molecule has 0 aromatic heterocycles. The molecule has 1 heterocycles. The van der Waals surface area contributed by atoms with Gasteiger partial charge in [0.2, 0.25) is 0 Å². The van der Waals surface area contributed by atoms with E-state index >= 15 is 0 Å². The zero-order valence-corrected chi connectivity index (χ0v) is 26.7. The summed E-state index contributed by atoms with van der Waals surface area (Å²) in [4.78, 5) is 26.4. The molecule has 2 N–H and O–H groups in total. The standard InChI is InChI=1S/C39H34N4O6/c40-26-30-24-28-12-1-5-16-34(28)46-20-9-10-21-47-35-17-6-2-13-29(35)25-31(27-41)39(45)43-33-15-4-8-19-37(33)49-23-11-22-48-36-18-7-3-14-32(36)42-38(30)44/h1-8,12-19,24-25H,9-11,20-23H2,(H,42,44)(H,43,45)/b30-24-,31-25-. The van der Waals surface area contributed by atoms with Gasteiger partial charge in [0, 0.05) is 17.5 Å². The number of rotatable bonds is 0. The molecule has 0 unspecified atom stereocenters. The number of benzene rings is 4. The van der Waals surface area contributed by atoms with Gasteiger partial charge in [-0.15, -0.1) is 0 Å². The summed E-state index contributed by atoms with van der Waals surface area (Å²) >= 11 is 0. The van der Waals surface area contributed by atoms with Crippen molar-refractivity contribution in [2.75, 3.05) is 37.1 Å². The van der Waals surface area contributed by atoms with Crippen LogP contribution in [-0.2, 0) is 9.59 Å². The highest BCUT2D eigenvalue weighted by Gasteiger charge is 2.16. The predicted octanol–water partition coefficient (Wildman–Crippen LogP) is 7.18. The van der Waals surface area contributed by atoms with Gasteiger partial charge >= 0.3 is 0 Å². The van der Waals surface area contributed by atoms with Gasteiger partial charge in [0.25, 0.3) is 11.8 Å². The summed E-state index contributed by atoms with van der Waals surface area (Å²) in [7, 11) is 0. The van der Waals surface area contributed by atoms with Gasteiger partial charge in [-0.1, -0.05) is 60.7 Å². The van der Waals surface area contributed by atoms with Crippen molar-refractivity contribution in [1.29, 1.82) is 10.5 Å². The monoisotopic (exact) mass is 654 g/mol. The number of nitrogens with zero attached hydrogens (tertiary/aromatic N) is 2. The number of ether oxygens (including phenoxy) is 4. The lowest BCUT2D eigenvalue weighted by atomic mass is 10.1. The molecule has 4 aromatic carbocycles. The van der Waals surface area contributed by atoms with Crippen molar-refractivity contribution >= 4 is 35.3 Å². The van der Waals surface area contributed by atoms with Crippen molar-refractivity contribution in [3.63, 3.8) is 0 Å². The van der Waals surface area contributed by atoms with E-state index < -0.39 is 11.8 Å². The Labute approximate surface area is 284 Å². The second-order valence-electron chi connectivity index (χ2n) is 10.8. The van der Waals surface area contributed by atoms with Gasteiger partial charge in [-0.25, -0.2) is 0 Å². The van der Waals surface area contributed by atoms with Gasteiger partial charge in [0.05, 0.1) is 37.8 Å². The maximum Gasteiger partial charge on any atom is 0.266 e. The summed E-state index contributed by atoms with van der Waals surface area (Å²) in [5, 5.41) is 25.3. The highest BCUT2D eigenvalue weighted by Crippen LogP contribution is 2.28. The van der Waals surface area contributed by atoms with Crippen LogP contribution in [0.25, 0.3) is 12.2 Å². The summed E-state index contributed by atoms with van der Waals surface area (Å²) in [6.07, 6.45) is 4.79. The Morgan fingerprint density at radius 1 is 0.469 bits per heavy atom. The molecular weight excluding hydrogens is 620 g/mol. The summed E-state index contributed by atoms with van der Waals surface area (Å²) in [5.41, 5.74) is 1.82. The average molecular weight is 655 g/mol. The Balaban J connectivity index is 1.38. The molecule has 2 amide bonds. The smallest absolute Gasteiger partial charge is 0.266 e. The molecule has 5 rings (SSSR count). The second kappa shape index (κ2) is 17.4. The fourth-order valence-electron chi connectivity index (χ4n) is 4.83. The highest BCUT2D eigenvalue weighted by molar-refractivity contribution is 6.11. The Hall–Kier alpha value is -6.52. The van der Waals surface area contributed by atoms with Gasteiger partial charge in [-0.3, -0.25) is 9.59 Å². The van der Waals surface area contributed by atoms with Gasteiger partial charge in [-0.2, -0.15) is 10.5 Å². The van der Waals surface area contributed by atoms with Gasteiger partial charge in [0.15, 0.2) is 0 Å². The topological polar surface area (TPSA) is 143 Å². The van der Waals surface area contributed by atoms with Crippen LogP contribution in [0, 0.1) is 22.7 Å². The third-order valence-corrected chi connectivity index (χ3v) is 7.30. The molecule has 0 spiro atoms. The van der Waals surface area contributed by atoms with Gasteiger partial charge in [0.1, 0.15) is 46.3 Å². The van der Waals surface area contributed by atoms with E-state index in [2.05, 4.69) is 10.6 Å². The first-order valence-electron chi connectivity index (χ1n) is 15.8. The fraction of sp³-hybridized carbons (Fsp3) is 0.179. The molecular formula is C39H34N4O6. The number of hydrogen-bond donors (Lipinski definition) is 2. The first kappa shape index (κ1) is 33.8. The quantitative estimate of drug-likeness (QED) is 0.203. The fourth-order valence-corrected chi connectivity index (χ4v) is 4.83. The summed E-state index contributed by atoms with van der Waals surface area (Å²) in [5.74, 6) is 0.768. The molecule has 0 saturated carbocycles. The molecule has 0 radical (unpaired) electrons. The lowest BCUT2D eigenvalue weighted by Crippen LogP contribution is -2.15. The molecule has 246 valence electrons. The van der Waals surface area contributed by atoms with Crippen LogP contribution in [0.2, 0.25) is 0 Å². The van der Waals surface area contributed by atoms with E-state index in [0.717, 1.165) is 0 Å². The minimum Gasteiger partial charge on any atom is -0.493 e. The van der Waals surface area contributed by atoms with Crippen LogP contribution < -0.4 is 29.6 Å². The minimum atomic E-state index is -0.584. The van der Waals surface area contributed by atoms with Crippen LogP contribution in [0.15, 0.2) is 108 Å². The second-order valence-corrected chi connectivity index (χ2v) is 10.8. The average Bonchev–Trinajstić information content (AvgIpc) is 3.12. The van der Waals surface area contributed by atoms with Gasteiger partial charge in [-0.05, 0) is 61.4 Å². The third kappa shape index (κ3) is 9.50. The Bertz CT molecular complexity index is 1800. The van der Waals surface area contributed by atoms with Crippen molar-refractivity contribution in [2.45, 2.75) is 19.3 Å². The molecule has 0 fully saturated rings. The predicted molar refractivity (Wildman–Crippen MR) is 186 cm³/mol. The summed E-state index contributed by atoms with van der Waals surface area (Å²) in [6, 6.07) is 32.3. The van der Waals surface area contributed by atoms with Crippen LogP contribution in [0.5, 0.6) is 23.0 Å². The van der Waals surface area contributed by atoms with E-state index in [4.69, 9.17) is 18.9 Å². The molecule has 0 aliphatic carbocycles. The zero-order valence-electron chi connectivity index (χ0n) is 26.7. The molecule has 0 saturated heterocycles. The Kier molecular flexibility index (Phi) is 12.0. The van der Waals surface area contributed by atoms with Crippen molar-refractivity contribution in [3.05, 3.63) is 119 Å². The van der Waals surface area contributed by atoms with Crippen LogP contribution in [0.1, 0.15) is 30.4 Å². The maximum absolute atomic E-state index is 13.2. The number of anilines is 2. The number of fused-ring (bicyclic) bond motifs is 4. The summed E-state index contributed by atoms with van der Waals surface area (Å²) < 4.78 is 23.9. The van der Waals surface area contributed by atoms with Crippen molar-refractivity contribution in [2.24, 2.45) is 0 Å². The van der Waals surface area contributed by atoms with Crippen LogP contribution in [0.4, 0.5) is 11.4 Å². The number of carbonyl (C=O) groups is 2. The van der Waals surface area contributed by atoms with Crippen molar-refractivity contribution < 1.29 is 28.5 Å². The van der Waals surface area contributed by atoms with E-state index in [9.17, 15) is 20.1 Å². The summed E-state index contributed by atoms with van der Waals surface area (Å²) in [6.45, 7) is 1.27. The maximum atomic E-state index is 13.2. The third-order valence-electron chi connectivity index (χ3n) is 7.30. The van der Waals surface area contributed by atoms with Crippen molar-refractivity contribution in [1.82, 2.24) is 0 Å². The molecule has 1 aliphatic heterocycles. The Morgan fingerprint density at radius 2 is 0.816 bits per heavy atom. The number of hydrogen-bond acceptors (Lipinski definition) is 8. The number of nitrogens with one attached hydrogen (secondary N) is 2. The molecule has 0 atom stereocenters. The van der Waals surface area contributed by atoms with Crippen LogP contribution >= 0.6 is 0 Å². The number of para-hydroxylation sites is 6. The zero-order chi connectivity index (χ0) is 34.3. The molecule has 49 heavy (non-hydrogen) atoms. The van der Waals surface area contributed by atoms with E-state index in [1.54, 1.807) is 84.9 Å². The molecule has 0 bridgehead atoms. The normalized spacial score (nSPS) is 16.9. The van der Waals surface area contributed by atoms with E-state index in [1.807, 2.05) is 24.3 Å². The first-order valence-corrected chi connectivity index (χ1v) is 15.8. The number of nitriles is 2. The minimum absolute atomic E-state index is 0.0944. The van der Waals surface area contributed by atoms with Crippen LogP contribution in [0.3, 0.4) is 0 Å². The lowest BCUT2D eigenvalue weighted by Gasteiger charge is -2.14. The van der Waals surface area contributed by atoms with Gasteiger partial charge < -0.3 is 29.6 Å². The van der Waals surface area contributed by atoms with E-state index in [0.29, 0.717) is 78.0 Å². The largest absolute Gasteiger partial charge is 0.493 e. The molecule has 10 heteroatoms. The molecule has 4 aromatic rings. The molecule has 1 aliphatic rings. The van der Waals surface area contributed by atoms with Crippen molar-refractivity contribution in [3.8, 4) is 35.1 Å². The SMILES string of the molecule is N#C/C1=C/c2ccccc2OCCCCOc2ccccc2/C=C(/C#N)C(=O)Nc2ccccc2OCCCOc2ccccc2NC1=O. The Morgan fingerprint density at radius 3 is 1.24 bits per heavy atom. The number of carbonyl (C=O) groups excluding carboxylic acids is 2. The highest BCUT2D eigenvalue weighted by atomic mass is 16.5. The first-order chi connectivity index (χ1) is 24.1. The molecule has 10 nitrogen and oxygen atoms in total. The van der Waals surface area contributed by atoms with E-state index in [1.165, 1.54) is 12.2 Å².